The molecule has 1 aromatic rings. The molecule has 1 aliphatic rings. The number of benzene rings is 1. The van der Waals surface area contributed by atoms with Crippen molar-refractivity contribution < 1.29 is 14.3 Å². The van der Waals surface area contributed by atoms with Crippen LogP contribution >= 0.6 is 0 Å². The number of amides is 1. The van der Waals surface area contributed by atoms with Crippen LogP contribution in [-0.4, -0.2) is 32.3 Å². The highest BCUT2D eigenvalue weighted by molar-refractivity contribution is 6.00. The molecule has 2 rings (SSSR count). The maximum Gasteiger partial charge on any atom is 0.268 e. The summed E-state index contributed by atoms with van der Waals surface area (Å²) >= 11 is 0. The van der Waals surface area contributed by atoms with Crippen LogP contribution in [0.25, 0.3) is 0 Å². The third-order valence-electron chi connectivity index (χ3n) is 3.32. The molecule has 1 unspecified atom stereocenters. The van der Waals surface area contributed by atoms with Gasteiger partial charge in [0.05, 0.1) is 5.69 Å². The number of methoxy groups -OCH3 is 1. The van der Waals surface area contributed by atoms with Crippen molar-refractivity contribution in [2.75, 3.05) is 25.2 Å². The molecule has 104 valence electrons. The zero-order chi connectivity index (χ0) is 13.8. The van der Waals surface area contributed by atoms with E-state index in [4.69, 9.17) is 9.47 Å². The number of ether oxygens (including phenoxy) is 2. The molecule has 1 heterocycles. The first kappa shape index (κ1) is 13.9. The minimum absolute atomic E-state index is 0.0525. The van der Waals surface area contributed by atoms with Crippen molar-refractivity contribution in [1.29, 1.82) is 0 Å². The summed E-state index contributed by atoms with van der Waals surface area (Å²) in [5.41, 5.74) is 2.01. The number of carbonyl (C=O) groups excluding carboxylic acids is 1. The number of carbonyl (C=O) groups is 1. The topological polar surface area (TPSA) is 38.8 Å². The van der Waals surface area contributed by atoms with Crippen LogP contribution in [-0.2, 0) is 9.53 Å². The highest BCUT2D eigenvalue weighted by Gasteiger charge is 2.32. The molecule has 4 heteroatoms. The Morgan fingerprint density at radius 2 is 2.21 bits per heavy atom. The third-order valence-corrected chi connectivity index (χ3v) is 3.32. The normalized spacial score (nSPS) is 18.2. The van der Waals surface area contributed by atoms with Gasteiger partial charge in [-0.05, 0) is 37.5 Å². The van der Waals surface area contributed by atoms with Crippen LogP contribution in [0.3, 0.4) is 0 Å². The highest BCUT2D eigenvalue weighted by atomic mass is 16.5. The fraction of sp³-hybridized carbons (Fsp3) is 0.533. The van der Waals surface area contributed by atoms with E-state index in [0.29, 0.717) is 19.6 Å². The summed E-state index contributed by atoms with van der Waals surface area (Å²) in [4.78, 5) is 14.2. The average Bonchev–Trinajstić information content (AvgIpc) is 2.41. The Morgan fingerprint density at radius 3 is 2.89 bits per heavy atom. The summed E-state index contributed by atoms with van der Waals surface area (Å²) in [5.74, 6) is 0.853. The summed E-state index contributed by atoms with van der Waals surface area (Å²) in [6.45, 7) is 5.31. The van der Waals surface area contributed by atoms with Crippen LogP contribution in [0.1, 0.15) is 25.3 Å². The lowest BCUT2D eigenvalue weighted by Crippen LogP contribution is -2.46. The van der Waals surface area contributed by atoms with Gasteiger partial charge in [0.1, 0.15) is 5.75 Å². The molecule has 1 atom stereocenters. The number of fused-ring (bicyclic) bond motifs is 1. The molecule has 0 aromatic heterocycles. The summed E-state index contributed by atoms with van der Waals surface area (Å²) in [6.07, 6.45) is 1.15. The van der Waals surface area contributed by atoms with Gasteiger partial charge in [-0.2, -0.15) is 0 Å². The van der Waals surface area contributed by atoms with E-state index in [1.54, 1.807) is 7.11 Å². The Labute approximate surface area is 114 Å². The molecule has 0 aliphatic carbocycles. The molecule has 0 fully saturated rings. The smallest absolute Gasteiger partial charge is 0.268 e. The molecule has 1 amide bonds. The lowest BCUT2D eigenvalue weighted by Gasteiger charge is -2.34. The molecular formula is C15H21NO3. The van der Waals surface area contributed by atoms with E-state index in [-0.39, 0.29) is 12.0 Å². The third kappa shape index (κ3) is 2.89. The zero-order valence-corrected chi connectivity index (χ0v) is 11.8. The second kappa shape index (κ2) is 6.06. The summed E-state index contributed by atoms with van der Waals surface area (Å²) in [6, 6.07) is 5.96. The first-order chi connectivity index (χ1) is 9.17. The molecule has 0 spiro atoms. The lowest BCUT2D eigenvalue weighted by atomic mass is 10.1. The van der Waals surface area contributed by atoms with E-state index in [9.17, 15) is 4.79 Å². The van der Waals surface area contributed by atoms with E-state index >= 15 is 0 Å². The second-order valence-electron chi connectivity index (χ2n) is 4.82. The molecule has 4 nitrogen and oxygen atoms in total. The van der Waals surface area contributed by atoms with Crippen molar-refractivity contribution >= 4 is 11.6 Å². The first-order valence-electron chi connectivity index (χ1n) is 6.75. The van der Waals surface area contributed by atoms with E-state index in [0.717, 1.165) is 23.4 Å². The number of aryl methyl sites for hydroxylation is 1. The van der Waals surface area contributed by atoms with E-state index in [1.807, 2.05) is 36.9 Å². The highest BCUT2D eigenvalue weighted by Crippen LogP contribution is 2.35. The van der Waals surface area contributed by atoms with Gasteiger partial charge in [0.2, 0.25) is 0 Å². The van der Waals surface area contributed by atoms with Crippen molar-refractivity contribution in [3.8, 4) is 5.75 Å². The van der Waals surface area contributed by atoms with Gasteiger partial charge >= 0.3 is 0 Å². The molecule has 0 N–H and O–H groups in total. The Kier molecular flexibility index (Phi) is 4.43. The predicted molar refractivity (Wildman–Crippen MR) is 74.7 cm³/mol. The van der Waals surface area contributed by atoms with Gasteiger partial charge in [-0.3, -0.25) is 4.79 Å². The van der Waals surface area contributed by atoms with Gasteiger partial charge in [-0.1, -0.05) is 13.0 Å². The van der Waals surface area contributed by atoms with Crippen molar-refractivity contribution in [2.24, 2.45) is 0 Å². The SMILES string of the molecule is CCC1Oc2ccc(C)cc2N(CCCOC)C1=O. The maximum absolute atomic E-state index is 12.4. The number of hydrogen-bond donors (Lipinski definition) is 0. The molecule has 0 saturated heterocycles. The summed E-state index contributed by atoms with van der Waals surface area (Å²) in [7, 11) is 1.67. The van der Waals surface area contributed by atoms with Crippen molar-refractivity contribution in [3.05, 3.63) is 23.8 Å². The van der Waals surface area contributed by atoms with Gasteiger partial charge in [-0.25, -0.2) is 0 Å². The van der Waals surface area contributed by atoms with Crippen LogP contribution < -0.4 is 9.64 Å². The zero-order valence-electron chi connectivity index (χ0n) is 11.8. The lowest BCUT2D eigenvalue weighted by molar-refractivity contribution is -0.126. The molecule has 1 aliphatic heterocycles. The molecule has 19 heavy (non-hydrogen) atoms. The fourth-order valence-corrected chi connectivity index (χ4v) is 2.29. The van der Waals surface area contributed by atoms with Crippen molar-refractivity contribution in [3.63, 3.8) is 0 Å². The van der Waals surface area contributed by atoms with Gasteiger partial charge in [0.15, 0.2) is 6.10 Å². The standard InChI is InChI=1S/C15H21NO3/c1-4-13-15(17)16(8-5-9-18-3)12-10-11(2)6-7-14(12)19-13/h6-7,10,13H,4-5,8-9H2,1-3H3. The van der Waals surface area contributed by atoms with Crippen molar-refractivity contribution in [1.82, 2.24) is 0 Å². The van der Waals surface area contributed by atoms with Gasteiger partial charge in [-0.15, -0.1) is 0 Å². The Morgan fingerprint density at radius 1 is 1.42 bits per heavy atom. The molecular weight excluding hydrogens is 242 g/mol. The van der Waals surface area contributed by atoms with E-state index in [2.05, 4.69) is 0 Å². The average molecular weight is 263 g/mol. The Bertz CT molecular complexity index is 459. The van der Waals surface area contributed by atoms with E-state index < -0.39 is 0 Å². The van der Waals surface area contributed by atoms with Crippen molar-refractivity contribution in [2.45, 2.75) is 32.8 Å². The van der Waals surface area contributed by atoms with Crippen LogP contribution in [0, 0.1) is 6.92 Å². The molecule has 0 bridgehead atoms. The minimum atomic E-state index is -0.363. The Balaban J connectivity index is 2.27. The summed E-state index contributed by atoms with van der Waals surface area (Å²) < 4.78 is 10.8. The molecule has 1 aromatic carbocycles. The van der Waals surface area contributed by atoms with Crippen LogP contribution in [0.2, 0.25) is 0 Å². The number of nitrogens with zero attached hydrogens (tertiary/aromatic N) is 1. The number of rotatable bonds is 5. The first-order valence-corrected chi connectivity index (χ1v) is 6.75. The van der Waals surface area contributed by atoms with E-state index in [1.165, 1.54) is 0 Å². The minimum Gasteiger partial charge on any atom is -0.478 e. The van der Waals surface area contributed by atoms with Crippen LogP contribution in [0.5, 0.6) is 5.75 Å². The monoisotopic (exact) mass is 263 g/mol. The second-order valence-corrected chi connectivity index (χ2v) is 4.82. The van der Waals surface area contributed by atoms with Crippen LogP contribution in [0.4, 0.5) is 5.69 Å². The Hall–Kier alpha value is -1.55. The molecule has 0 saturated carbocycles. The van der Waals surface area contributed by atoms with Crippen LogP contribution in [0.15, 0.2) is 18.2 Å². The number of anilines is 1. The van der Waals surface area contributed by atoms with Gasteiger partial charge < -0.3 is 14.4 Å². The van der Waals surface area contributed by atoms with Gasteiger partial charge in [0.25, 0.3) is 5.91 Å². The number of hydrogen-bond acceptors (Lipinski definition) is 3. The fourth-order valence-electron chi connectivity index (χ4n) is 2.29. The van der Waals surface area contributed by atoms with Gasteiger partial charge in [0, 0.05) is 20.3 Å². The molecule has 0 radical (unpaired) electrons. The largest absolute Gasteiger partial charge is 0.478 e. The quantitative estimate of drug-likeness (QED) is 0.766. The summed E-state index contributed by atoms with van der Waals surface area (Å²) in [5, 5.41) is 0. The maximum atomic E-state index is 12.4. The predicted octanol–water partition coefficient (Wildman–Crippen LogP) is 2.54.